The molecule has 106 valence electrons. The van der Waals surface area contributed by atoms with Gasteiger partial charge in [-0.25, -0.2) is 0 Å². The number of piperidine rings is 1. The van der Waals surface area contributed by atoms with E-state index < -0.39 is 0 Å². The molecule has 1 saturated heterocycles. The van der Waals surface area contributed by atoms with Crippen molar-refractivity contribution >= 4 is 5.69 Å². The van der Waals surface area contributed by atoms with Gasteiger partial charge in [-0.2, -0.15) is 0 Å². The van der Waals surface area contributed by atoms with Crippen molar-refractivity contribution in [2.75, 3.05) is 11.4 Å². The lowest BCUT2D eigenvalue weighted by atomic mass is 9.86. The van der Waals surface area contributed by atoms with Crippen LogP contribution >= 0.6 is 0 Å². The Labute approximate surface area is 117 Å². The van der Waals surface area contributed by atoms with Crippen LogP contribution in [-0.2, 0) is 0 Å². The number of hydrogen-bond acceptors (Lipinski definition) is 3. The summed E-state index contributed by atoms with van der Waals surface area (Å²) < 4.78 is 0. The maximum atomic E-state index is 6.02. The van der Waals surface area contributed by atoms with Gasteiger partial charge in [0.25, 0.3) is 0 Å². The highest BCUT2D eigenvalue weighted by Crippen LogP contribution is 2.31. The molecule has 3 nitrogen and oxygen atoms in total. The van der Waals surface area contributed by atoms with Crippen LogP contribution in [0.25, 0.3) is 0 Å². The molecule has 0 bridgehead atoms. The van der Waals surface area contributed by atoms with E-state index in [1.807, 2.05) is 6.20 Å². The molecule has 4 atom stereocenters. The highest BCUT2D eigenvalue weighted by molar-refractivity contribution is 5.46. The first kappa shape index (κ1) is 14.3. The Balaban J connectivity index is 2.16. The number of rotatable bonds is 3. The van der Waals surface area contributed by atoms with E-state index in [2.05, 4.69) is 49.7 Å². The second kappa shape index (κ2) is 5.91. The molecule has 2 rings (SSSR count). The summed E-state index contributed by atoms with van der Waals surface area (Å²) in [5.41, 5.74) is 8.25. The molecule has 1 aliphatic rings. The summed E-state index contributed by atoms with van der Waals surface area (Å²) in [6.07, 6.45) is 4.25. The normalized spacial score (nSPS) is 29.3. The molecule has 1 aromatic rings. The summed E-state index contributed by atoms with van der Waals surface area (Å²) in [5, 5.41) is 0. The van der Waals surface area contributed by atoms with Gasteiger partial charge in [-0.1, -0.05) is 20.8 Å². The van der Waals surface area contributed by atoms with Gasteiger partial charge in [0.05, 0.1) is 17.6 Å². The molecule has 0 aliphatic carbocycles. The van der Waals surface area contributed by atoms with E-state index >= 15 is 0 Å². The summed E-state index contributed by atoms with van der Waals surface area (Å²) in [7, 11) is 0. The Morgan fingerprint density at radius 1 is 1.37 bits per heavy atom. The van der Waals surface area contributed by atoms with Crippen LogP contribution in [0.5, 0.6) is 0 Å². The molecule has 19 heavy (non-hydrogen) atoms. The van der Waals surface area contributed by atoms with Gasteiger partial charge < -0.3 is 10.6 Å². The van der Waals surface area contributed by atoms with Crippen molar-refractivity contribution in [1.82, 2.24) is 4.98 Å². The molecule has 1 aliphatic heterocycles. The topological polar surface area (TPSA) is 42.1 Å². The van der Waals surface area contributed by atoms with Crippen LogP contribution in [0.2, 0.25) is 0 Å². The minimum absolute atomic E-state index is 0.0608. The second-order valence-corrected chi connectivity index (χ2v) is 6.17. The molecule has 2 N–H and O–H groups in total. The van der Waals surface area contributed by atoms with Crippen molar-refractivity contribution in [2.45, 2.75) is 52.6 Å². The van der Waals surface area contributed by atoms with Crippen molar-refractivity contribution in [3.63, 3.8) is 0 Å². The van der Waals surface area contributed by atoms with Crippen LogP contribution in [0, 0.1) is 11.8 Å². The second-order valence-electron chi connectivity index (χ2n) is 6.17. The van der Waals surface area contributed by atoms with E-state index in [1.165, 1.54) is 12.1 Å². The molecular formula is C16H27N3. The summed E-state index contributed by atoms with van der Waals surface area (Å²) >= 11 is 0. The Kier molecular flexibility index (Phi) is 4.46. The average Bonchev–Trinajstić information content (AvgIpc) is 2.42. The van der Waals surface area contributed by atoms with Crippen LogP contribution in [0.1, 0.15) is 52.3 Å². The lowest BCUT2D eigenvalue weighted by molar-refractivity contribution is 0.297. The zero-order valence-electron chi connectivity index (χ0n) is 12.6. The van der Waals surface area contributed by atoms with E-state index in [1.54, 1.807) is 0 Å². The minimum Gasteiger partial charge on any atom is -0.367 e. The fourth-order valence-electron chi connectivity index (χ4n) is 3.05. The van der Waals surface area contributed by atoms with Gasteiger partial charge in [-0.3, -0.25) is 4.98 Å². The van der Waals surface area contributed by atoms with Gasteiger partial charge in [0.2, 0.25) is 0 Å². The largest absolute Gasteiger partial charge is 0.367 e. The molecule has 0 radical (unpaired) electrons. The molecular weight excluding hydrogens is 234 g/mol. The first-order valence-corrected chi connectivity index (χ1v) is 7.51. The van der Waals surface area contributed by atoms with E-state index in [0.29, 0.717) is 6.04 Å². The Bertz CT molecular complexity index is 401. The average molecular weight is 261 g/mol. The number of aromatic nitrogens is 1. The van der Waals surface area contributed by atoms with Gasteiger partial charge in [-0.15, -0.1) is 0 Å². The third-order valence-electron chi connectivity index (χ3n) is 4.52. The standard InChI is InChI=1S/C16H27N3/c1-5-15(17)16-7-6-14(9-18-16)19-10-11(2)8-12(3)13(19)4/h6-7,9,11-13,15H,5,8,10,17H2,1-4H3/t11?,12?,13?,15-/m1/s1. The lowest BCUT2D eigenvalue weighted by Gasteiger charge is -2.42. The SMILES string of the molecule is CC[C@@H](N)c1ccc(N2CC(C)CC(C)C2C)cn1. The van der Waals surface area contributed by atoms with Crippen molar-refractivity contribution in [2.24, 2.45) is 17.6 Å². The van der Waals surface area contributed by atoms with E-state index in [4.69, 9.17) is 5.73 Å². The number of anilines is 1. The van der Waals surface area contributed by atoms with E-state index in [-0.39, 0.29) is 6.04 Å². The first-order valence-electron chi connectivity index (χ1n) is 7.51. The first-order chi connectivity index (χ1) is 9.02. The molecule has 2 heterocycles. The molecule has 0 amide bonds. The Morgan fingerprint density at radius 3 is 2.68 bits per heavy atom. The van der Waals surface area contributed by atoms with Crippen LogP contribution in [0.15, 0.2) is 18.3 Å². The van der Waals surface area contributed by atoms with Crippen LogP contribution in [0.4, 0.5) is 5.69 Å². The van der Waals surface area contributed by atoms with Crippen LogP contribution in [-0.4, -0.2) is 17.6 Å². The molecule has 1 aromatic heterocycles. The highest BCUT2D eigenvalue weighted by Gasteiger charge is 2.28. The molecule has 0 spiro atoms. The van der Waals surface area contributed by atoms with Crippen molar-refractivity contribution < 1.29 is 0 Å². The van der Waals surface area contributed by atoms with Crippen molar-refractivity contribution in [3.8, 4) is 0 Å². The number of nitrogens with two attached hydrogens (primary N) is 1. The zero-order chi connectivity index (χ0) is 14.0. The number of pyridine rings is 1. The van der Waals surface area contributed by atoms with Gasteiger partial charge in [0, 0.05) is 18.6 Å². The minimum atomic E-state index is 0.0608. The Morgan fingerprint density at radius 2 is 2.11 bits per heavy atom. The monoisotopic (exact) mass is 261 g/mol. The number of hydrogen-bond donors (Lipinski definition) is 1. The smallest absolute Gasteiger partial charge is 0.0572 e. The lowest BCUT2D eigenvalue weighted by Crippen LogP contribution is -2.45. The van der Waals surface area contributed by atoms with E-state index in [9.17, 15) is 0 Å². The zero-order valence-corrected chi connectivity index (χ0v) is 12.6. The molecule has 1 fully saturated rings. The summed E-state index contributed by atoms with van der Waals surface area (Å²) in [4.78, 5) is 7.04. The molecule has 3 unspecified atom stereocenters. The van der Waals surface area contributed by atoms with Crippen molar-refractivity contribution in [3.05, 3.63) is 24.0 Å². The maximum Gasteiger partial charge on any atom is 0.0572 e. The quantitative estimate of drug-likeness (QED) is 0.907. The fourth-order valence-corrected chi connectivity index (χ4v) is 3.05. The van der Waals surface area contributed by atoms with Gasteiger partial charge in [-0.05, 0) is 43.7 Å². The third-order valence-corrected chi connectivity index (χ3v) is 4.52. The summed E-state index contributed by atoms with van der Waals surface area (Å²) in [5.74, 6) is 1.49. The Hall–Kier alpha value is -1.09. The predicted molar refractivity (Wildman–Crippen MR) is 81.2 cm³/mol. The maximum absolute atomic E-state index is 6.02. The molecule has 0 saturated carbocycles. The summed E-state index contributed by atoms with van der Waals surface area (Å²) in [6, 6.07) is 4.91. The molecule has 0 aromatic carbocycles. The predicted octanol–water partition coefficient (Wildman–Crippen LogP) is 3.36. The number of nitrogens with zero attached hydrogens (tertiary/aromatic N) is 2. The fraction of sp³-hybridized carbons (Fsp3) is 0.688. The summed E-state index contributed by atoms with van der Waals surface area (Å²) in [6.45, 7) is 10.2. The third kappa shape index (κ3) is 3.08. The van der Waals surface area contributed by atoms with Crippen molar-refractivity contribution in [1.29, 1.82) is 0 Å². The van der Waals surface area contributed by atoms with Gasteiger partial charge in [0.15, 0.2) is 0 Å². The van der Waals surface area contributed by atoms with E-state index in [0.717, 1.165) is 30.5 Å². The highest BCUT2D eigenvalue weighted by atomic mass is 15.2. The van der Waals surface area contributed by atoms with Gasteiger partial charge in [0.1, 0.15) is 0 Å². The molecule has 3 heteroatoms. The van der Waals surface area contributed by atoms with Gasteiger partial charge >= 0.3 is 0 Å². The van der Waals surface area contributed by atoms with Crippen LogP contribution < -0.4 is 10.6 Å². The van der Waals surface area contributed by atoms with Crippen LogP contribution in [0.3, 0.4) is 0 Å².